The van der Waals surface area contributed by atoms with E-state index in [1.807, 2.05) is 72.8 Å². The SMILES string of the molecule is C1CCOC1.CS(=O)(=O)c1ccccc1.O=C[C@H]1CCCN1C(c1ccccc1)(c1ccccc1)c1ccccc1.O=S(=O)(C[C@H](O)[C@H]1CCCN1C(c1ccccc1)(c1ccccc1)c1ccccc1)c1ccccc1. The maximum Gasteiger partial charge on any atom is 0.180 e. The van der Waals surface area contributed by atoms with Gasteiger partial charge < -0.3 is 14.6 Å². The van der Waals surface area contributed by atoms with Gasteiger partial charge in [0.25, 0.3) is 0 Å². The summed E-state index contributed by atoms with van der Waals surface area (Å²) in [5, 5.41) is 11.5. The van der Waals surface area contributed by atoms with Gasteiger partial charge in [0.1, 0.15) is 6.29 Å². The Morgan fingerprint density at radius 1 is 0.468 bits per heavy atom. The minimum Gasteiger partial charge on any atom is -0.390 e. The van der Waals surface area contributed by atoms with Gasteiger partial charge in [0.15, 0.2) is 19.7 Å². The molecule has 0 aliphatic carbocycles. The van der Waals surface area contributed by atoms with Crippen molar-refractivity contribution >= 4 is 26.0 Å². The van der Waals surface area contributed by atoms with E-state index in [9.17, 15) is 26.7 Å². The van der Waals surface area contributed by atoms with Gasteiger partial charge in [-0.15, -0.1) is 0 Å². The number of aliphatic hydroxyl groups excluding tert-OH is 1. The van der Waals surface area contributed by atoms with Crippen molar-refractivity contribution in [2.45, 2.75) is 77.6 Å². The second-order valence-corrected chi connectivity index (χ2v) is 23.7. The van der Waals surface area contributed by atoms with Crippen LogP contribution in [0.3, 0.4) is 0 Å². The number of benzene rings is 8. The number of carbonyl (C=O) groups is 1. The predicted molar refractivity (Wildman–Crippen MR) is 308 cm³/mol. The first kappa shape index (κ1) is 56.4. The maximum atomic E-state index is 13.2. The topological polar surface area (TPSA) is 121 Å². The van der Waals surface area contributed by atoms with Gasteiger partial charge >= 0.3 is 0 Å². The van der Waals surface area contributed by atoms with Crippen molar-refractivity contribution in [2.24, 2.45) is 0 Å². The summed E-state index contributed by atoms with van der Waals surface area (Å²) < 4.78 is 53.0. The fraction of sp³-hybridized carbons (Fsp3) is 0.258. The minimum atomic E-state index is -3.64. The molecule has 3 heterocycles. The summed E-state index contributed by atoms with van der Waals surface area (Å²) in [5.74, 6) is -0.313. The molecule has 0 radical (unpaired) electrons. The molecule has 3 fully saturated rings. The summed E-state index contributed by atoms with van der Waals surface area (Å²) in [4.78, 5) is 17.3. The summed E-state index contributed by atoms with van der Waals surface area (Å²) >= 11 is 0. The lowest BCUT2D eigenvalue weighted by atomic mass is 9.75. The van der Waals surface area contributed by atoms with Gasteiger partial charge in [0.2, 0.25) is 0 Å². The number of nitrogens with zero attached hydrogens (tertiary/aromatic N) is 2. The third-order valence-corrected chi connectivity index (χ3v) is 17.6. The minimum absolute atomic E-state index is 0.0735. The first-order chi connectivity index (χ1) is 37.5. The zero-order valence-electron chi connectivity index (χ0n) is 43.8. The van der Waals surface area contributed by atoms with Gasteiger partial charge in [-0.3, -0.25) is 9.80 Å². The van der Waals surface area contributed by atoms with E-state index in [1.165, 1.54) is 35.8 Å². The summed E-state index contributed by atoms with van der Waals surface area (Å²) in [6.07, 6.45) is 7.39. The third kappa shape index (κ3) is 13.3. The predicted octanol–water partition coefficient (Wildman–Crippen LogP) is 11.8. The Balaban J connectivity index is 0.000000165. The first-order valence-electron chi connectivity index (χ1n) is 26.6. The standard InChI is InChI=1S/C31H31NO3S.C24H23NO.C7H8O2S.C4H8O/c33-30(24-36(34,35)28-20-11-4-12-21-28)29-22-13-23-32(29)31(25-14-5-1-6-15-25,26-16-7-2-8-17-26)27-18-9-3-10-19-27;26-19-23-17-10-18-25(23)24(20-11-4-1-5-12-20,21-13-6-2-7-14-21)22-15-8-3-9-16-22;1-10(8,9)7-5-3-2-4-6-7;1-2-4-5-3-1/h1-12,14-21,29-30,33H,13,22-24H2;1-9,11-16,19,23H,10,17-18H2;2-6H,1H3;1-4H2/t29-,30+;23-;;/m11../s1. The van der Waals surface area contributed by atoms with Crippen LogP contribution < -0.4 is 0 Å². The molecule has 0 bridgehead atoms. The molecular weight excluding hydrogens is 997 g/mol. The molecule has 1 N–H and O–H groups in total. The number of sulfone groups is 2. The second-order valence-electron chi connectivity index (χ2n) is 19.6. The lowest BCUT2D eigenvalue weighted by molar-refractivity contribution is -0.112. The maximum absolute atomic E-state index is 13.2. The number of aliphatic hydroxyl groups is 1. The van der Waals surface area contributed by atoms with Crippen molar-refractivity contribution in [2.75, 3.05) is 38.3 Å². The average Bonchev–Trinajstić information content (AvgIpc) is 4.38. The highest BCUT2D eigenvalue weighted by atomic mass is 32.2. The summed E-state index contributed by atoms with van der Waals surface area (Å²) in [6.45, 7) is 3.65. The third-order valence-electron chi connectivity index (χ3n) is 14.7. The number of rotatable bonds is 14. The van der Waals surface area contributed by atoms with Crippen molar-refractivity contribution < 1.29 is 31.5 Å². The van der Waals surface area contributed by atoms with Gasteiger partial charge in [-0.1, -0.05) is 218 Å². The Bertz CT molecular complexity index is 3030. The summed E-state index contributed by atoms with van der Waals surface area (Å²) in [7, 11) is -6.64. The molecule has 0 aromatic heterocycles. The molecule has 8 aromatic rings. The number of hydrogen-bond donors (Lipinski definition) is 1. The molecule has 0 amide bonds. The Hall–Kier alpha value is -6.83. The normalized spacial score (nSPS) is 17.3. The molecule has 0 spiro atoms. The number of ether oxygens (including phenoxy) is 1. The molecule has 77 heavy (non-hydrogen) atoms. The van der Waals surface area contributed by atoms with E-state index in [1.54, 1.807) is 60.7 Å². The fourth-order valence-corrected chi connectivity index (χ4v) is 13.4. The van der Waals surface area contributed by atoms with Crippen molar-refractivity contribution in [3.63, 3.8) is 0 Å². The van der Waals surface area contributed by atoms with Gasteiger partial charge in [-0.2, -0.15) is 0 Å². The van der Waals surface area contributed by atoms with Crippen molar-refractivity contribution in [3.8, 4) is 0 Å². The second kappa shape index (κ2) is 27.0. The van der Waals surface area contributed by atoms with Crippen LogP contribution in [0, 0.1) is 0 Å². The van der Waals surface area contributed by atoms with Crippen LogP contribution in [0.15, 0.2) is 252 Å². The Labute approximate surface area is 456 Å². The molecule has 3 aliphatic rings. The van der Waals surface area contributed by atoms with Crippen LogP contribution in [-0.4, -0.2) is 94.5 Å². The van der Waals surface area contributed by atoms with Gasteiger partial charge in [0, 0.05) is 38.6 Å². The fourth-order valence-electron chi connectivity index (χ4n) is 11.3. The van der Waals surface area contributed by atoms with Crippen LogP contribution in [-0.2, 0) is 40.3 Å². The molecule has 11 heteroatoms. The Kier molecular flexibility index (Phi) is 19.7. The molecule has 11 rings (SSSR count). The zero-order chi connectivity index (χ0) is 54.0. The van der Waals surface area contributed by atoms with Crippen LogP contribution in [0.5, 0.6) is 0 Å². The van der Waals surface area contributed by atoms with E-state index in [4.69, 9.17) is 4.74 Å². The average molecular weight is 1070 g/mol. The lowest BCUT2D eigenvalue weighted by Gasteiger charge is -2.47. The highest BCUT2D eigenvalue weighted by molar-refractivity contribution is 7.91. The number of hydrogen-bond acceptors (Lipinski definition) is 9. The lowest BCUT2D eigenvalue weighted by Crippen LogP contribution is -2.54. The molecular formula is C66H70N2O7S2. The van der Waals surface area contributed by atoms with Crippen molar-refractivity contribution in [3.05, 3.63) is 276 Å². The van der Waals surface area contributed by atoms with E-state index in [0.29, 0.717) is 4.90 Å². The molecule has 398 valence electrons. The van der Waals surface area contributed by atoms with Crippen LogP contribution in [0.2, 0.25) is 0 Å². The Morgan fingerprint density at radius 3 is 1.09 bits per heavy atom. The molecule has 9 nitrogen and oxygen atoms in total. The van der Waals surface area contributed by atoms with E-state index in [-0.39, 0.29) is 22.7 Å². The van der Waals surface area contributed by atoms with E-state index >= 15 is 0 Å². The monoisotopic (exact) mass is 1070 g/mol. The summed E-state index contributed by atoms with van der Waals surface area (Å²) in [5.41, 5.74) is 5.73. The molecule has 3 saturated heterocycles. The largest absolute Gasteiger partial charge is 0.390 e. The number of likely N-dealkylation sites (tertiary alicyclic amines) is 2. The highest BCUT2D eigenvalue weighted by Crippen LogP contribution is 2.48. The molecule has 3 aliphatic heterocycles. The molecule has 8 aromatic carbocycles. The van der Waals surface area contributed by atoms with Gasteiger partial charge in [0.05, 0.1) is 38.8 Å². The summed E-state index contributed by atoms with van der Waals surface area (Å²) in [6, 6.07) is 79.1. The smallest absolute Gasteiger partial charge is 0.180 e. The number of carbonyl (C=O) groups excluding carboxylic acids is 1. The van der Waals surface area contributed by atoms with Crippen LogP contribution in [0.4, 0.5) is 0 Å². The van der Waals surface area contributed by atoms with Gasteiger partial charge in [-0.25, -0.2) is 16.8 Å². The van der Waals surface area contributed by atoms with Crippen molar-refractivity contribution in [1.29, 1.82) is 0 Å². The Morgan fingerprint density at radius 2 is 0.779 bits per heavy atom. The van der Waals surface area contributed by atoms with Crippen LogP contribution in [0.1, 0.15) is 71.9 Å². The first-order valence-corrected chi connectivity index (χ1v) is 30.2. The van der Waals surface area contributed by atoms with E-state index in [0.717, 1.165) is 75.0 Å². The van der Waals surface area contributed by atoms with E-state index in [2.05, 4.69) is 119 Å². The molecule has 0 saturated carbocycles. The van der Waals surface area contributed by atoms with E-state index < -0.39 is 36.9 Å². The zero-order valence-corrected chi connectivity index (χ0v) is 45.4. The molecule has 0 unspecified atom stereocenters. The van der Waals surface area contributed by atoms with Crippen LogP contribution >= 0.6 is 0 Å². The van der Waals surface area contributed by atoms with Crippen molar-refractivity contribution in [1.82, 2.24) is 9.80 Å². The molecule has 3 atom stereocenters. The number of aldehydes is 1. The van der Waals surface area contributed by atoms with Gasteiger partial charge in [-0.05, 0) is 96.2 Å². The van der Waals surface area contributed by atoms with Crippen LogP contribution in [0.25, 0.3) is 0 Å². The quantitative estimate of drug-likeness (QED) is 0.0838. The highest BCUT2D eigenvalue weighted by Gasteiger charge is 2.50.